The number of nitrogens with one attached hydrogen (secondary N) is 2. The molecule has 2 aliphatic rings. The molecule has 0 radical (unpaired) electrons. The molecule has 0 bridgehead atoms. The highest BCUT2D eigenvalue weighted by molar-refractivity contribution is 5.96. The molecule has 41 heavy (non-hydrogen) atoms. The fourth-order valence-electron chi connectivity index (χ4n) is 6.69. The van der Waals surface area contributed by atoms with Gasteiger partial charge >= 0.3 is 0 Å². The van der Waals surface area contributed by atoms with E-state index >= 15 is 0 Å². The third kappa shape index (κ3) is 8.32. The Kier molecular flexibility index (Phi) is 10.5. The lowest BCUT2D eigenvalue weighted by molar-refractivity contribution is -0.132. The number of β-amino-alcohol motifs (C(OH)–C–C–N with tert-alkyl or cyclic N) is 1. The average molecular weight is 564 g/mol. The molecule has 0 spiro atoms. The zero-order valence-electron chi connectivity index (χ0n) is 25.2. The van der Waals surface area contributed by atoms with E-state index in [1.807, 2.05) is 58.0 Å². The van der Waals surface area contributed by atoms with Crippen molar-refractivity contribution in [3.8, 4) is 5.75 Å². The minimum atomic E-state index is -0.892. The number of hydrogen-bond acceptors (Lipinski definition) is 5. The third-order valence-electron chi connectivity index (χ3n) is 8.70. The van der Waals surface area contributed by atoms with Gasteiger partial charge < -0.3 is 20.8 Å². The number of benzene rings is 2. The maximum absolute atomic E-state index is 13.6. The van der Waals surface area contributed by atoms with Crippen LogP contribution < -0.4 is 10.6 Å². The zero-order chi connectivity index (χ0) is 29.6. The van der Waals surface area contributed by atoms with Gasteiger partial charge in [-0.05, 0) is 76.0 Å². The van der Waals surface area contributed by atoms with Gasteiger partial charge in [0.05, 0.1) is 18.2 Å². The molecule has 5 atom stereocenters. The van der Waals surface area contributed by atoms with E-state index in [0.29, 0.717) is 42.3 Å². The number of rotatable bonds is 10. The Hall–Kier alpha value is -2.90. The lowest BCUT2D eigenvalue weighted by atomic mass is 9.72. The molecule has 1 aliphatic heterocycles. The van der Waals surface area contributed by atoms with Gasteiger partial charge in [0.25, 0.3) is 5.91 Å². The second-order valence-corrected chi connectivity index (χ2v) is 13.1. The van der Waals surface area contributed by atoms with Crippen LogP contribution in [0.5, 0.6) is 5.75 Å². The van der Waals surface area contributed by atoms with Crippen molar-refractivity contribution in [1.82, 2.24) is 15.5 Å². The molecule has 0 unspecified atom stereocenters. The van der Waals surface area contributed by atoms with E-state index in [1.165, 1.54) is 12.8 Å². The normalized spacial score (nSPS) is 22.8. The number of phenols is 1. The molecule has 4 N–H and O–H groups in total. The number of likely N-dealkylation sites (tertiary alicyclic amines) is 1. The first-order chi connectivity index (χ1) is 19.6. The van der Waals surface area contributed by atoms with Crippen molar-refractivity contribution in [2.45, 2.75) is 103 Å². The Morgan fingerprint density at radius 3 is 2.41 bits per heavy atom. The monoisotopic (exact) mass is 563 g/mol. The van der Waals surface area contributed by atoms with E-state index in [2.05, 4.69) is 15.5 Å². The molecule has 0 aromatic heterocycles. The van der Waals surface area contributed by atoms with Crippen molar-refractivity contribution < 1.29 is 19.8 Å². The van der Waals surface area contributed by atoms with Crippen LogP contribution in [0.3, 0.4) is 0 Å². The Morgan fingerprint density at radius 2 is 1.73 bits per heavy atom. The highest BCUT2D eigenvalue weighted by Crippen LogP contribution is 2.39. The van der Waals surface area contributed by atoms with Crippen LogP contribution in [0.2, 0.25) is 0 Å². The molecule has 1 aliphatic carbocycles. The van der Waals surface area contributed by atoms with Crippen LogP contribution >= 0.6 is 0 Å². The SMILES string of the molecule is CCCc1c(O)cccc1C(=O)N[C@@H](Cc1ccccc1)[C@H](O)CN1C[C@H]2CCCC[C@H]2C[C@H]1C(=O)NC(C)(C)C. The lowest BCUT2D eigenvalue weighted by Crippen LogP contribution is -2.60. The molecular weight excluding hydrogens is 514 g/mol. The van der Waals surface area contributed by atoms with Crippen LogP contribution in [0.15, 0.2) is 48.5 Å². The molecule has 1 heterocycles. The molecule has 1 saturated heterocycles. The van der Waals surface area contributed by atoms with Crippen LogP contribution in [0.4, 0.5) is 0 Å². The number of hydrogen-bond donors (Lipinski definition) is 4. The number of carbonyl (C=O) groups is 2. The van der Waals surface area contributed by atoms with Gasteiger partial charge in [-0.3, -0.25) is 14.5 Å². The molecule has 7 nitrogen and oxygen atoms in total. The van der Waals surface area contributed by atoms with Crippen molar-refractivity contribution in [1.29, 1.82) is 0 Å². The molecule has 2 aromatic rings. The summed E-state index contributed by atoms with van der Waals surface area (Å²) in [4.78, 5) is 29.3. The maximum Gasteiger partial charge on any atom is 0.252 e. The predicted molar refractivity (Wildman–Crippen MR) is 163 cm³/mol. The third-order valence-corrected chi connectivity index (χ3v) is 8.70. The number of aliphatic hydroxyl groups is 1. The first-order valence-electron chi connectivity index (χ1n) is 15.5. The van der Waals surface area contributed by atoms with E-state index in [9.17, 15) is 19.8 Å². The average Bonchev–Trinajstić information content (AvgIpc) is 2.93. The molecule has 2 aromatic carbocycles. The highest BCUT2D eigenvalue weighted by Gasteiger charge is 2.41. The summed E-state index contributed by atoms with van der Waals surface area (Å²) in [6.45, 7) is 9.08. The summed E-state index contributed by atoms with van der Waals surface area (Å²) in [5, 5.41) is 28.5. The van der Waals surface area contributed by atoms with Gasteiger partial charge in [0, 0.05) is 29.8 Å². The van der Waals surface area contributed by atoms with Crippen molar-refractivity contribution >= 4 is 11.8 Å². The summed E-state index contributed by atoms with van der Waals surface area (Å²) >= 11 is 0. The Labute approximate surface area is 245 Å². The summed E-state index contributed by atoms with van der Waals surface area (Å²) in [5.74, 6) is 0.887. The first kappa shape index (κ1) is 31.0. The summed E-state index contributed by atoms with van der Waals surface area (Å²) in [7, 11) is 0. The fourth-order valence-corrected chi connectivity index (χ4v) is 6.69. The summed E-state index contributed by atoms with van der Waals surface area (Å²) in [6.07, 6.45) is 6.50. The zero-order valence-corrected chi connectivity index (χ0v) is 25.2. The van der Waals surface area contributed by atoms with E-state index in [4.69, 9.17) is 0 Å². The van der Waals surface area contributed by atoms with Crippen LogP contribution in [-0.2, 0) is 17.6 Å². The molecule has 1 saturated carbocycles. The molecule has 7 heteroatoms. The maximum atomic E-state index is 13.6. The number of piperidine rings is 1. The Balaban J connectivity index is 1.57. The Bertz CT molecular complexity index is 1160. The van der Waals surface area contributed by atoms with Crippen molar-refractivity contribution in [3.05, 3.63) is 65.2 Å². The van der Waals surface area contributed by atoms with Gasteiger partial charge in [-0.1, -0.05) is 69.0 Å². The van der Waals surface area contributed by atoms with Crippen LogP contribution in [0, 0.1) is 11.8 Å². The lowest BCUT2D eigenvalue weighted by Gasteiger charge is -2.47. The number of aromatic hydroxyl groups is 1. The van der Waals surface area contributed by atoms with E-state index in [-0.39, 0.29) is 29.1 Å². The first-order valence-corrected chi connectivity index (χ1v) is 15.5. The van der Waals surface area contributed by atoms with Crippen LogP contribution in [0.1, 0.15) is 87.7 Å². The molecule has 4 rings (SSSR count). The summed E-state index contributed by atoms with van der Waals surface area (Å²) in [6, 6.07) is 14.0. The standard InChI is InChI=1S/C34H49N3O4/c1-5-12-26-27(17-11-18-30(26)38)32(40)35-28(19-23-13-7-6-8-14-23)31(39)22-37-21-25-16-10-9-15-24(25)20-29(37)33(41)36-34(2,3)4/h6-8,11,13-14,17-18,24-25,28-29,31,38-39H,5,9-10,12,15-16,19-22H2,1-4H3,(H,35,40)(H,36,41)/t24-,25+,28-,29-,31+/m0/s1. The van der Waals surface area contributed by atoms with E-state index < -0.39 is 12.1 Å². The number of aliphatic hydroxyl groups excluding tert-OH is 1. The minimum Gasteiger partial charge on any atom is -0.508 e. The summed E-state index contributed by atoms with van der Waals surface area (Å²) < 4.78 is 0. The number of amides is 2. The molecular formula is C34H49N3O4. The van der Waals surface area contributed by atoms with Crippen LogP contribution in [-0.4, -0.2) is 63.7 Å². The van der Waals surface area contributed by atoms with Gasteiger partial charge in [0.2, 0.25) is 5.91 Å². The smallest absolute Gasteiger partial charge is 0.252 e. The summed E-state index contributed by atoms with van der Waals surface area (Å²) in [5.41, 5.74) is 1.72. The Morgan fingerprint density at radius 1 is 1.02 bits per heavy atom. The van der Waals surface area contributed by atoms with E-state index in [0.717, 1.165) is 37.8 Å². The van der Waals surface area contributed by atoms with E-state index in [1.54, 1.807) is 18.2 Å². The highest BCUT2D eigenvalue weighted by atomic mass is 16.3. The number of nitrogens with zero attached hydrogens (tertiary/aromatic N) is 1. The second-order valence-electron chi connectivity index (χ2n) is 13.1. The molecule has 2 fully saturated rings. The van der Waals surface area contributed by atoms with Gasteiger partial charge in [-0.2, -0.15) is 0 Å². The fraction of sp³-hybridized carbons (Fsp3) is 0.588. The van der Waals surface area contributed by atoms with Gasteiger partial charge in [-0.15, -0.1) is 0 Å². The van der Waals surface area contributed by atoms with Gasteiger partial charge in [0.1, 0.15) is 5.75 Å². The quantitative estimate of drug-likeness (QED) is 0.331. The van der Waals surface area contributed by atoms with Crippen molar-refractivity contribution in [3.63, 3.8) is 0 Å². The minimum absolute atomic E-state index is 0.0151. The largest absolute Gasteiger partial charge is 0.508 e. The van der Waals surface area contributed by atoms with Crippen molar-refractivity contribution in [2.24, 2.45) is 11.8 Å². The number of fused-ring (bicyclic) bond motifs is 1. The predicted octanol–water partition coefficient (Wildman–Crippen LogP) is 4.84. The molecule has 224 valence electrons. The molecule has 2 amide bonds. The number of carbonyl (C=O) groups excluding carboxylic acids is 2. The topological polar surface area (TPSA) is 102 Å². The van der Waals surface area contributed by atoms with Gasteiger partial charge in [-0.25, -0.2) is 0 Å². The van der Waals surface area contributed by atoms with Crippen molar-refractivity contribution in [2.75, 3.05) is 13.1 Å². The van der Waals surface area contributed by atoms with Crippen LogP contribution in [0.25, 0.3) is 0 Å². The van der Waals surface area contributed by atoms with Gasteiger partial charge in [0.15, 0.2) is 0 Å². The number of phenolic OH excluding ortho intramolecular Hbond substituents is 1. The second kappa shape index (κ2) is 13.8.